The lowest BCUT2D eigenvalue weighted by Crippen LogP contribution is -2.40. The van der Waals surface area contributed by atoms with Crippen molar-refractivity contribution in [3.8, 4) is 0 Å². The van der Waals surface area contributed by atoms with Gasteiger partial charge >= 0.3 is 0 Å². The van der Waals surface area contributed by atoms with E-state index in [1.165, 1.54) is 0 Å². The number of anilines is 1. The molecule has 1 aliphatic heterocycles. The second kappa shape index (κ2) is 1.71. The Hall–Kier alpha value is -1.07. The highest BCUT2D eigenvalue weighted by atomic mass is 15.6. The summed E-state index contributed by atoms with van der Waals surface area (Å²) in [7, 11) is 0. The maximum Gasteiger partial charge on any atom is 0.0925 e. The molecule has 0 saturated heterocycles. The molecule has 48 valence electrons. The van der Waals surface area contributed by atoms with Gasteiger partial charge in [0.15, 0.2) is 0 Å². The van der Waals surface area contributed by atoms with E-state index in [4.69, 9.17) is 0 Å². The summed E-state index contributed by atoms with van der Waals surface area (Å²) in [5, 5.41) is 6.68. The lowest BCUT2D eigenvalue weighted by molar-refractivity contribution is 0.559. The Balaban J connectivity index is 2.39. The van der Waals surface area contributed by atoms with Crippen molar-refractivity contribution in [1.82, 2.24) is 21.2 Å². The lowest BCUT2D eigenvalue weighted by Gasteiger charge is -2.14. The molecule has 0 aromatic carbocycles. The first-order valence-electron chi connectivity index (χ1n) is 2.73. The average Bonchev–Trinajstić information content (AvgIpc) is 2.33. The highest BCUT2D eigenvalue weighted by Gasteiger charge is 2.06. The second-order valence-corrected chi connectivity index (χ2v) is 1.87. The van der Waals surface area contributed by atoms with Gasteiger partial charge in [-0.2, -0.15) is 10.6 Å². The van der Waals surface area contributed by atoms with Crippen LogP contribution in [0, 0.1) is 0 Å². The zero-order chi connectivity index (χ0) is 6.10. The third-order valence-electron chi connectivity index (χ3n) is 1.27. The molecule has 0 atom stereocenters. The van der Waals surface area contributed by atoms with Gasteiger partial charge in [0, 0.05) is 0 Å². The van der Waals surface area contributed by atoms with Crippen LogP contribution < -0.4 is 16.4 Å². The molecule has 0 fully saturated rings. The smallest absolute Gasteiger partial charge is 0.0925 e. The number of aromatic nitrogens is 2. The van der Waals surface area contributed by atoms with Gasteiger partial charge in [-0.15, -0.1) is 0 Å². The number of hydrogen-bond donors (Lipinski definition) is 4. The maximum atomic E-state index is 3.84. The molecule has 0 amide bonds. The number of H-pyrrole nitrogens is 1. The number of hydrogen-bond acceptors (Lipinski definition) is 4. The summed E-state index contributed by atoms with van der Waals surface area (Å²) in [4.78, 5) is 0. The molecule has 0 spiro atoms. The number of aromatic amines is 1. The molecular weight excluding hydrogens is 118 g/mol. The monoisotopic (exact) mass is 125 g/mol. The fraction of sp³-hybridized carbons (Fsp3) is 0.250. The molecule has 5 heteroatoms. The quantitative estimate of drug-likeness (QED) is 0.372. The van der Waals surface area contributed by atoms with Crippen molar-refractivity contribution in [3.63, 3.8) is 0 Å². The van der Waals surface area contributed by atoms with Gasteiger partial charge in [-0.25, -0.2) is 5.43 Å². The first-order valence-corrected chi connectivity index (χ1v) is 2.73. The minimum atomic E-state index is 0.780. The van der Waals surface area contributed by atoms with E-state index in [2.05, 4.69) is 26.6 Å². The van der Waals surface area contributed by atoms with E-state index in [0.717, 1.165) is 17.9 Å². The Morgan fingerprint density at radius 2 is 2.56 bits per heavy atom. The van der Waals surface area contributed by atoms with E-state index in [0.29, 0.717) is 0 Å². The summed E-state index contributed by atoms with van der Waals surface area (Å²) in [6.07, 6.45) is 1.74. The van der Waals surface area contributed by atoms with Crippen molar-refractivity contribution in [1.29, 1.82) is 0 Å². The predicted molar refractivity (Wildman–Crippen MR) is 32.2 cm³/mol. The summed E-state index contributed by atoms with van der Waals surface area (Å²) < 4.78 is 0. The Bertz CT molecular complexity index is 184. The number of hydrazine groups is 2. The van der Waals surface area contributed by atoms with E-state index in [1.807, 2.05) is 0 Å². The molecule has 1 aromatic heterocycles. The topological polar surface area (TPSA) is 64.8 Å². The van der Waals surface area contributed by atoms with Gasteiger partial charge in [-0.1, -0.05) is 0 Å². The molecule has 2 heterocycles. The van der Waals surface area contributed by atoms with Crippen LogP contribution in [0.25, 0.3) is 0 Å². The third-order valence-corrected chi connectivity index (χ3v) is 1.27. The predicted octanol–water partition coefficient (Wildman–Crippen LogP) is -0.656. The van der Waals surface area contributed by atoms with Crippen molar-refractivity contribution in [2.75, 3.05) is 5.43 Å². The summed E-state index contributed by atoms with van der Waals surface area (Å²) in [5.41, 5.74) is 10.6. The second-order valence-electron chi connectivity index (χ2n) is 1.87. The van der Waals surface area contributed by atoms with Gasteiger partial charge in [-0.3, -0.25) is 5.10 Å². The molecule has 1 aromatic rings. The van der Waals surface area contributed by atoms with Gasteiger partial charge in [0.1, 0.15) is 0 Å². The van der Waals surface area contributed by atoms with E-state index in [1.54, 1.807) is 6.20 Å². The number of fused-ring (bicyclic) bond motifs is 1. The fourth-order valence-corrected chi connectivity index (χ4v) is 0.799. The number of rotatable bonds is 0. The zero-order valence-corrected chi connectivity index (χ0v) is 4.73. The summed E-state index contributed by atoms with van der Waals surface area (Å²) in [6.45, 7) is 0.780. The standard InChI is InChI=1S/C4H7N5/c1-4-3(7-5-1)2-6-9-8-4/h1,6,8-9H,2H2,(H,5,7). The molecule has 0 aliphatic carbocycles. The van der Waals surface area contributed by atoms with Gasteiger partial charge < -0.3 is 5.43 Å². The Labute approximate surface area is 51.8 Å². The maximum absolute atomic E-state index is 3.84. The minimum Gasteiger partial charge on any atom is -0.305 e. The Morgan fingerprint density at radius 3 is 3.44 bits per heavy atom. The highest BCUT2D eigenvalue weighted by Crippen LogP contribution is 2.10. The van der Waals surface area contributed by atoms with Crippen LogP contribution >= 0.6 is 0 Å². The number of nitrogens with one attached hydrogen (secondary N) is 4. The molecule has 5 nitrogen and oxygen atoms in total. The van der Waals surface area contributed by atoms with Crippen LogP contribution in [-0.2, 0) is 6.54 Å². The molecule has 0 radical (unpaired) electrons. The molecule has 0 bridgehead atoms. The van der Waals surface area contributed by atoms with Gasteiger partial charge in [0.05, 0.1) is 24.1 Å². The molecule has 0 saturated carbocycles. The highest BCUT2D eigenvalue weighted by molar-refractivity contribution is 5.45. The summed E-state index contributed by atoms with van der Waals surface area (Å²) >= 11 is 0. The lowest BCUT2D eigenvalue weighted by atomic mass is 10.4. The molecular formula is C4H7N5. The molecule has 9 heavy (non-hydrogen) atoms. The third kappa shape index (κ3) is 0.664. The Morgan fingerprint density at radius 1 is 1.56 bits per heavy atom. The van der Waals surface area contributed by atoms with E-state index < -0.39 is 0 Å². The van der Waals surface area contributed by atoms with Crippen LogP contribution in [0.15, 0.2) is 6.20 Å². The fourth-order valence-electron chi connectivity index (χ4n) is 0.799. The van der Waals surface area contributed by atoms with Crippen molar-refractivity contribution in [2.45, 2.75) is 6.54 Å². The van der Waals surface area contributed by atoms with E-state index in [9.17, 15) is 0 Å². The molecule has 4 N–H and O–H groups in total. The summed E-state index contributed by atoms with van der Waals surface area (Å²) in [6, 6.07) is 0. The molecule has 0 unspecified atom stereocenters. The van der Waals surface area contributed by atoms with Crippen LogP contribution in [0.5, 0.6) is 0 Å². The van der Waals surface area contributed by atoms with Crippen LogP contribution in [0.3, 0.4) is 0 Å². The van der Waals surface area contributed by atoms with Crippen LogP contribution in [0.4, 0.5) is 5.69 Å². The van der Waals surface area contributed by atoms with Crippen LogP contribution in [-0.4, -0.2) is 10.2 Å². The van der Waals surface area contributed by atoms with Crippen molar-refractivity contribution in [3.05, 3.63) is 11.9 Å². The van der Waals surface area contributed by atoms with Crippen molar-refractivity contribution < 1.29 is 0 Å². The average molecular weight is 125 g/mol. The minimum absolute atomic E-state index is 0.780. The van der Waals surface area contributed by atoms with Crippen LogP contribution in [0.1, 0.15) is 5.69 Å². The molecule has 2 rings (SSSR count). The van der Waals surface area contributed by atoms with Crippen molar-refractivity contribution in [2.24, 2.45) is 0 Å². The molecule has 1 aliphatic rings. The first-order chi connectivity index (χ1) is 4.47. The first kappa shape index (κ1) is 4.78. The Kier molecular flexibility index (Phi) is 0.909. The SMILES string of the molecule is c1n[nH]c2c1NNNC2. The number of nitrogens with zero attached hydrogens (tertiary/aromatic N) is 1. The van der Waals surface area contributed by atoms with Crippen LogP contribution in [0.2, 0.25) is 0 Å². The normalized spacial score (nSPS) is 16.4. The van der Waals surface area contributed by atoms with E-state index in [-0.39, 0.29) is 0 Å². The van der Waals surface area contributed by atoms with Gasteiger partial charge in [-0.05, 0) is 0 Å². The zero-order valence-electron chi connectivity index (χ0n) is 4.73. The van der Waals surface area contributed by atoms with Crippen molar-refractivity contribution >= 4 is 5.69 Å². The van der Waals surface area contributed by atoms with E-state index >= 15 is 0 Å². The van der Waals surface area contributed by atoms with Gasteiger partial charge in [0.2, 0.25) is 0 Å². The summed E-state index contributed by atoms with van der Waals surface area (Å²) in [5.74, 6) is 0. The van der Waals surface area contributed by atoms with Gasteiger partial charge in [0.25, 0.3) is 0 Å². The largest absolute Gasteiger partial charge is 0.305 e.